The van der Waals surface area contributed by atoms with E-state index < -0.39 is 18.7 Å². The number of ether oxygens (including phenoxy) is 1. The number of hydrogen-bond donors (Lipinski definition) is 1. The highest BCUT2D eigenvalue weighted by atomic mass is 19.4. The van der Waals surface area contributed by atoms with Gasteiger partial charge in [0, 0.05) is 18.8 Å². The molecule has 2 amide bonds. The van der Waals surface area contributed by atoms with E-state index in [0.29, 0.717) is 11.1 Å². The molecule has 150 valence electrons. The van der Waals surface area contributed by atoms with Gasteiger partial charge in [-0.05, 0) is 11.1 Å². The van der Waals surface area contributed by atoms with E-state index in [1.165, 1.54) is 18.6 Å². The SMILES string of the molecule is CCC(=O)NN(Cc1ccc(COCC(F)(F)F)cc1)C(=O)c1cnccn1. The number of amides is 2. The van der Waals surface area contributed by atoms with Crippen molar-refractivity contribution in [3.63, 3.8) is 0 Å². The van der Waals surface area contributed by atoms with Crippen LogP contribution in [0, 0.1) is 0 Å². The van der Waals surface area contributed by atoms with Gasteiger partial charge in [-0.25, -0.2) is 9.99 Å². The molecular weight excluding hydrogens is 377 g/mol. The number of halogens is 3. The van der Waals surface area contributed by atoms with Crippen molar-refractivity contribution in [3.8, 4) is 0 Å². The normalized spacial score (nSPS) is 11.1. The summed E-state index contributed by atoms with van der Waals surface area (Å²) in [5, 5.41) is 1.12. The van der Waals surface area contributed by atoms with Gasteiger partial charge < -0.3 is 4.74 Å². The highest BCUT2D eigenvalue weighted by molar-refractivity contribution is 5.93. The smallest absolute Gasteiger partial charge is 0.367 e. The molecule has 0 saturated carbocycles. The number of benzene rings is 1. The fraction of sp³-hybridized carbons (Fsp3) is 0.333. The monoisotopic (exact) mass is 396 g/mol. The zero-order valence-corrected chi connectivity index (χ0v) is 15.1. The molecule has 0 unspecified atom stereocenters. The third kappa shape index (κ3) is 6.95. The predicted octanol–water partition coefficient (Wildman–Crippen LogP) is 2.64. The molecule has 2 aromatic rings. The van der Waals surface area contributed by atoms with Gasteiger partial charge >= 0.3 is 6.18 Å². The Hall–Kier alpha value is -3.01. The quantitative estimate of drug-likeness (QED) is 0.728. The maximum atomic E-state index is 12.6. The van der Waals surface area contributed by atoms with Crippen molar-refractivity contribution in [1.82, 2.24) is 20.4 Å². The molecular formula is C18H19F3N4O3. The summed E-state index contributed by atoms with van der Waals surface area (Å²) < 4.78 is 40.9. The van der Waals surface area contributed by atoms with Gasteiger partial charge in [-0.15, -0.1) is 0 Å². The molecule has 0 spiro atoms. The molecule has 0 saturated heterocycles. The Kier molecular flexibility index (Phi) is 7.44. The summed E-state index contributed by atoms with van der Waals surface area (Å²) in [6, 6.07) is 6.47. The van der Waals surface area contributed by atoms with E-state index >= 15 is 0 Å². The van der Waals surface area contributed by atoms with Crippen LogP contribution in [-0.4, -0.2) is 39.6 Å². The van der Waals surface area contributed by atoms with Crippen LogP contribution in [0.3, 0.4) is 0 Å². The van der Waals surface area contributed by atoms with Crippen molar-refractivity contribution in [3.05, 3.63) is 59.7 Å². The van der Waals surface area contributed by atoms with E-state index in [4.69, 9.17) is 0 Å². The average molecular weight is 396 g/mol. The van der Waals surface area contributed by atoms with Crippen LogP contribution in [-0.2, 0) is 22.7 Å². The second-order valence-corrected chi connectivity index (χ2v) is 5.79. The van der Waals surface area contributed by atoms with Crippen molar-refractivity contribution in [2.75, 3.05) is 6.61 Å². The lowest BCUT2D eigenvalue weighted by molar-refractivity contribution is -0.176. The van der Waals surface area contributed by atoms with E-state index in [1.807, 2.05) is 0 Å². The van der Waals surface area contributed by atoms with Gasteiger partial charge in [0.25, 0.3) is 5.91 Å². The van der Waals surface area contributed by atoms with Crippen LogP contribution in [0.4, 0.5) is 13.2 Å². The molecule has 7 nitrogen and oxygen atoms in total. The summed E-state index contributed by atoms with van der Waals surface area (Å²) in [5.74, 6) is -0.887. The van der Waals surface area contributed by atoms with Crippen molar-refractivity contribution in [2.45, 2.75) is 32.7 Å². The fourth-order valence-corrected chi connectivity index (χ4v) is 2.15. The van der Waals surface area contributed by atoms with Crippen molar-refractivity contribution in [2.24, 2.45) is 0 Å². The fourth-order valence-electron chi connectivity index (χ4n) is 2.15. The van der Waals surface area contributed by atoms with Crippen molar-refractivity contribution in [1.29, 1.82) is 0 Å². The predicted molar refractivity (Wildman–Crippen MR) is 92.5 cm³/mol. The standard InChI is InChI=1S/C18H19F3N4O3/c1-2-16(26)24-25(17(27)15-9-22-7-8-23-15)10-13-3-5-14(6-4-13)11-28-12-18(19,20)21/h3-9H,2,10-12H2,1H3,(H,24,26). The molecule has 0 radical (unpaired) electrons. The number of rotatable bonds is 7. The molecule has 0 aliphatic rings. The second kappa shape index (κ2) is 9.79. The molecule has 2 rings (SSSR count). The van der Waals surface area contributed by atoms with E-state index in [1.54, 1.807) is 31.2 Å². The topological polar surface area (TPSA) is 84.4 Å². The van der Waals surface area contributed by atoms with Crippen molar-refractivity contribution >= 4 is 11.8 Å². The molecule has 0 aliphatic carbocycles. The maximum absolute atomic E-state index is 12.6. The van der Waals surface area contributed by atoms with Crippen LogP contribution in [0.25, 0.3) is 0 Å². The first kappa shape index (κ1) is 21.3. The number of hydrogen-bond acceptors (Lipinski definition) is 5. The van der Waals surface area contributed by atoms with Gasteiger partial charge in [0.2, 0.25) is 5.91 Å². The Morgan fingerprint density at radius 3 is 2.39 bits per heavy atom. The minimum Gasteiger partial charge on any atom is -0.367 e. The number of carbonyl (C=O) groups excluding carboxylic acids is 2. The molecule has 1 heterocycles. The Bertz CT molecular complexity index is 783. The van der Waals surface area contributed by atoms with Crippen LogP contribution >= 0.6 is 0 Å². The molecule has 1 aromatic heterocycles. The maximum Gasteiger partial charge on any atom is 0.411 e. The van der Waals surface area contributed by atoms with Gasteiger partial charge in [0.05, 0.1) is 19.3 Å². The molecule has 0 atom stereocenters. The first-order valence-corrected chi connectivity index (χ1v) is 8.38. The molecule has 1 aromatic carbocycles. The van der Waals surface area contributed by atoms with Gasteiger partial charge in [0.1, 0.15) is 12.3 Å². The number of aromatic nitrogens is 2. The zero-order valence-electron chi connectivity index (χ0n) is 15.1. The number of carbonyl (C=O) groups is 2. The molecule has 0 fully saturated rings. The van der Waals surface area contributed by atoms with Gasteiger partial charge in [-0.1, -0.05) is 31.2 Å². The summed E-state index contributed by atoms with van der Waals surface area (Å²) in [5.41, 5.74) is 3.79. The zero-order chi connectivity index (χ0) is 20.6. The van der Waals surface area contributed by atoms with E-state index in [0.717, 1.165) is 5.01 Å². The van der Waals surface area contributed by atoms with Crippen LogP contribution < -0.4 is 5.43 Å². The number of nitrogens with zero attached hydrogens (tertiary/aromatic N) is 3. The number of alkyl halides is 3. The number of hydrazine groups is 1. The lowest BCUT2D eigenvalue weighted by Crippen LogP contribution is -2.45. The Morgan fingerprint density at radius 1 is 1.14 bits per heavy atom. The minimum atomic E-state index is -4.38. The first-order chi connectivity index (χ1) is 13.3. The van der Waals surface area contributed by atoms with E-state index in [9.17, 15) is 22.8 Å². The van der Waals surface area contributed by atoms with E-state index in [2.05, 4.69) is 20.1 Å². The molecule has 28 heavy (non-hydrogen) atoms. The minimum absolute atomic E-state index is 0.0465. The lowest BCUT2D eigenvalue weighted by atomic mass is 10.1. The average Bonchev–Trinajstić information content (AvgIpc) is 2.67. The summed E-state index contributed by atoms with van der Waals surface area (Å²) in [6.07, 6.45) is -0.124. The van der Waals surface area contributed by atoms with Gasteiger partial charge in [0.15, 0.2) is 0 Å². The summed E-state index contributed by atoms with van der Waals surface area (Å²) in [7, 11) is 0. The lowest BCUT2D eigenvalue weighted by Gasteiger charge is -2.23. The second-order valence-electron chi connectivity index (χ2n) is 5.79. The molecule has 10 heteroatoms. The molecule has 1 N–H and O–H groups in total. The van der Waals surface area contributed by atoms with Crippen LogP contribution in [0.5, 0.6) is 0 Å². The van der Waals surface area contributed by atoms with Crippen LogP contribution in [0.1, 0.15) is 35.0 Å². The summed E-state index contributed by atoms with van der Waals surface area (Å²) in [6.45, 7) is 0.188. The summed E-state index contributed by atoms with van der Waals surface area (Å²) in [4.78, 5) is 32.1. The summed E-state index contributed by atoms with van der Waals surface area (Å²) >= 11 is 0. The third-order valence-electron chi connectivity index (χ3n) is 3.51. The molecule has 0 bridgehead atoms. The highest BCUT2D eigenvalue weighted by Gasteiger charge is 2.27. The third-order valence-corrected chi connectivity index (χ3v) is 3.51. The first-order valence-electron chi connectivity index (χ1n) is 8.38. The number of nitrogens with one attached hydrogen (secondary N) is 1. The van der Waals surface area contributed by atoms with E-state index in [-0.39, 0.29) is 31.2 Å². The highest BCUT2D eigenvalue weighted by Crippen LogP contribution is 2.16. The van der Waals surface area contributed by atoms with Gasteiger partial charge in [-0.3, -0.25) is 20.0 Å². The van der Waals surface area contributed by atoms with Gasteiger partial charge in [-0.2, -0.15) is 13.2 Å². The Balaban J connectivity index is 2.04. The van der Waals surface area contributed by atoms with Crippen LogP contribution in [0.2, 0.25) is 0 Å². The largest absolute Gasteiger partial charge is 0.411 e. The molecule has 0 aliphatic heterocycles. The van der Waals surface area contributed by atoms with Crippen molar-refractivity contribution < 1.29 is 27.5 Å². The Morgan fingerprint density at radius 2 is 1.82 bits per heavy atom. The Labute approximate surface area is 159 Å². The van der Waals surface area contributed by atoms with Crippen LogP contribution in [0.15, 0.2) is 42.9 Å².